The number of fused-ring (bicyclic) bond motifs is 1. The van der Waals surface area contributed by atoms with Crippen LogP contribution in [0.1, 0.15) is 17.5 Å². The van der Waals surface area contributed by atoms with Crippen molar-refractivity contribution in [3.05, 3.63) is 108 Å². The van der Waals surface area contributed by atoms with Crippen LogP contribution in [-0.2, 0) is 5.54 Å². The number of benzene rings is 3. The normalized spacial score (nSPS) is 17.3. The fraction of sp³-hybridized carbons (Fsp3) is 0.0769. The number of allylic oxidation sites excluding steroid dienone is 3. The lowest BCUT2D eigenvalue weighted by Gasteiger charge is -2.35. The summed E-state index contributed by atoms with van der Waals surface area (Å²) in [5, 5.41) is 24.0. The molecule has 0 aliphatic heterocycles. The van der Waals surface area contributed by atoms with Gasteiger partial charge in [0, 0.05) is 5.69 Å². The lowest BCUT2D eigenvalue weighted by Crippen LogP contribution is -2.34. The third-order valence-corrected chi connectivity index (χ3v) is 5.17. The topological polar surface area (TPSA) is 59.6 Å². The minimum atomic E-state index is -0.350. The zero-order valence-electron chi connectivity index (χ0n) is 15.8. The molecule has 138 valence electrons. The van der Waals surface area contributed by atoms with Gasteiger partial charge in [0.15, 0.2) is 0 Å². The van der Waals surface area contributed by atoms with E-state index in [0.717, 1.165) is 17.7 Å². The van der Waals surface area contributed by atoms with Crippen LogP contribution in [0.15, 0.2) is 96.6 Å². The maximum Gasteiger partial charge on any atom is 0.130 e. The van der Waals surface area contributed by atoms with E-state index in [1.807, 2.05) is 36.4 Å². The van der Waals surface area contributed by atoms with E-state index in [4.69, 9.17) is 10.5 Å². The van der Waals surface area contributed by atoms with Crippen LogP contribution >= 0.6 is 0 Å². The van der Waals surface area contributed by atoms with E-state index in [0.29, 0.717) is 0 Å². The van der Waals surface area contributed by atoms with Gasteiger partial charge in [0.05, 0.1) is 5.54 Å². The fourth-order valence-corrected chi connectivity index (χ4v) is 3.77. The standard InChI is InChI=1S/C26H19N3/c27-18-21(19-28)17-20-11-13-23(14-12-20)29-26(15-4-1-5-16-26)25-10-6-8-22-7-2-3-9-24(22)25/h1-15,17,29H,16H2. The van der Waals surface area contributed by atoms with Crippen LogP contribution in [0.5, 0.6) is 0 Å². The van der Waals surface area contributed by atoms with E-state index >= 15 is 0 Å². The number of nitrogens with one attached hydrogen (secondary N) is 1. The van der Waals surface area contributed by atoms with Gasteiger partial charge in [-0.05, 0) is 46.5 Å². The number of nitrogens with zero attached hydrogens (tertiary/aromatic N) is 2. The third kappa shape index (κ3) is 3.68. The van der Waals surface area contributed by atoms with Crippen molar-refractivity contribution in [3.63, 3.8) is 0 Å². The Labute approximate surface area is 170 Å². The number of nitriles is 2. The van der Waals surface area contributed by atoms with Crippen molar-refractivity contribution >= 4 is 22.5 Å². The van der Waals surface area contributed by atoms with Gasteiger partial charge in [-0.1, -0.05) is 78.9 Å². The number of anilines is 1. The third-order valence-electron chi connectivity index (χ3n) is 5.17. The maximum atomic E-state index is 8.94. The average Bonchev–Trinajstić information content (AvgIpc) is 2.79. The zero-order chi connectivity index (χ0) is 20.1. The van der Waals surface area contributed by atoms with Crippen LogP contribution in [0, 0.1) is 22.7 Å². The van der Waals surface area contributed by atoms with Crippen LogP contribution in [-0.4, -0.2) is 0 Å². The Hall–Kier alpha value is -4.08. The van der Waals surface area contributed by atoms with Gasteiger partial charge in [-0.15, -0.1) is 0 Å². The van der Waals surface area contributed by atoms with Crippen molar-refractivity contribution in [1.82, 2.24) is 0 Å². The Morgan fingerprint density at radius 1 is 0.897 bits per heavy atom. The van der Waals surface area contributed by atoms with Gasteiger partial charge in [0.1, 0.15) is 17.7 Å². The Morgan fingerprint density at radius 3 is 2.38 bits per heavy atom. The maximum absolute atomic E-state index is 8.94. The summed E-state index contributed by atoms with van der Waals surface area (Å²) in [6.45, 7) is 0. The van der Waals surface area contributed by atoms with Gasteiger partial charge >= 0.3 is 0 Å². The summed E-state index contributed by atoms with van der Waals surface area (Å²) in [6, 6.07) is 26.4. The second kappa shape index (κ2) is 7.89. The molecule has 29 heavy (non-hydrogen) atoms. The van der Waals surface area contributed by atoms with E-state index in [1.54, 1.807) is 6.08 Å². The second-order valence-electron chi connectivity index (χ2n) is 7.02. The van der Waals surface area contributed by atoms with E-state index in [2.05, 4.69) is 72.1 Å². The van der Waals surface area contributed by atoms with Crippen LogP contribution in [0.25, 0.3) is 16.8 Å². The summed E-state index contributed by atoms with van der Waals surface area (Å²) in [6.07, 6.45) is 11.0. The molecule has 4 rings (SSSR count). The molecule has 0 radical (unpaired) electrons. The summed E-state index contributed by atoms with van der Waals surface area (Å²) in [4.78, 5) is 0. The van der Waals surface area contributed by atoms with Crippen LogP contribution < -0.4 is 5.32 Å². The molecular formula is C26H19N3. The molecule has 1 aliphatic rings. The molecule has 3 aromatic carbocycles. The molecule has 0 saturated carbocycles. The van der Waals surface area contributed by atoms with E-state index in [-0.39, 0.29) is 11.1 Å². The molecule has 0 heterocycles. The molecular weight excluding hydrogens is 354 g/mol. The van der Waals surface area contributed by atoms with Crippen molar-refractivity contribution in [1.29, 1.82) is 10.5 Å². The first-order valence-electron chi connectivity index (χ1n) is 9.47. The smallest absolute Gasteiger partial charge is 0.130 e. The second-order valence-corrected chi connectivity index (χ2v) is 7.02. The molecule has 0 bridgehead atoms. The van der Waals surface area contributed by atoms with Gasteiger partial charge in [-0.2, -0.15) is 10.5 Å². The Balaban J connectivity index is 1.73. The number of rotatable bonds is 4. The number of hydrogen-bond donors (Lipinski definition) is 1. The first kappa shape index (κ1) is 18.3. The molecule has 0 spiro atoms. The SMILES string of the molecule is N#CC(C#N)=Cc1ccc(NC2(c3cccc4ccccc34)C=CC=CC2)cc1. The molecule has 3 heteroatoms. The first-order chi connectivity index (χ1) is 14.2. The van der Waals surface area contributed by atoms with E-state index in [9.17, 15) is 0 Å². The van der Waals surface area contributed by atoms with E-state index in [1.165, 1.54) is 16.3 Å². The van der Waals surface area contributed by atoms with E-state index < -0.39 is 0 Å². The van der Waals surface area contributed by atoms with Crippen LogP contribution in [0.4, 0.5) is 5.69 Å². The molecule has 0 amide bonds. The quantitative estimate of drug-likeness (QED) is 0.563. The molecule has 1 aliphatic carbocycles. The van der Waals surface area contributed by atoms with Crippen LogP contribution in [0.3, 0.4) is 0 Å². The Morgan fingerprint density at radius 2 is 1.66 bits per heavy atom. The highest BCUT2D eigenvalue weighted by Crippen LogP contribution is 2.38. The minimum absolute atomic E-state index is 0.0956. The van der Waals surface area contributed by atoms with Crippen molar-refractivity contribution in [2.75, 3.05) is 5.32 Å². The summed E-state index contributed by atoms with van der Waals surface area (Å²) in [7, 11) is 0. The highest BCUT2D eigenvalue weighted by Gasteiger charge is 2.30. The molecule has 1 atom stereocenters. The summed E-state index contributed by atoms with van der Waals surface area (Å²) in [5.41, 5.74) is 2.78. The lowest BCUT2D eigenvalue weighted by molar-refractivity contribution is 0.623. The Bertz CT molecular complexity index is 1200. The predicted octanol–water partition coefficient (Wildman–Crippen LogP) is 6.09. The van der Waals surface area contributed by atoms with Crippen molar-refractivity contribution in [2.24, 2.45) is 0 Å². The fourth-order valence-electron chi connectivity index (χ4n) is 3.77. The molecule has 3 aromatic rings. The Kier molecular flexibility index (Phi) is 4.97. The summed E-state index contributed by atoms with van der Waals surface area (Å²) < 4.78 is 0. The predicted molar refractivity (Wildman–Crippen MR) is 118 cm³/mol. The highest BCUT2D eigenvalue weighted by molar-refractivity contribution is 5.87. The van der Waals surface area contributed by atoms with Gasteiger partial charge in [-0.3, -0.25) is 0 Å². The lowest BCUT2D eigenvalue weighted by atomic mass is 9.81. The molecule has 3 nitrogen and oxygen atoms in total. The summed E-state index contributed by atoms with van der Waals surface area (Å²) in [5.74, 6) is 0. The van der Waals surface area contributed by atoms with Gasteiger partial charge in [-0.25, -0.2) is 0 Å². The molecule has 0 fully saturated rings. The monoisotopic (exact) mass is 373 g/mol. The molecule has 1 N–H and O–H groups in total. The average molecular weight is 373 g/mol. The highest BCUT2D eigenvalue weighted by atomic mass is 15.0. The minimum Gasteiger partial charge on any atom is -0.372 e. The molecule has 0 saturated heterocycles. The van der Waals surface area contributed by atoms with Crippen LogP contribution in [0.2, 0.25) is 0 Å². The van der Waals surface area contributed by atoms with Crippen molar-refractivity contribution in [3.8, 4) is 12.1 Å². The molecule has 0 aromatic heterocycles. The number of hydrogen-bond acceptors (Lipinski definition) is 3. The first-order valence-corrected chi connectivity index (χ1v) is 9.47. The largest absolute Gasteiger partial charge is 0.372 e. The van der Waals surface area contributed by atoms with Crippen molar-refractivity contribution < 1.29 is 0 Å². The van der Waals surface area contributed by atoms with Crippen molar-refractivity contribution in [2.45, 2.75) is 12.0 Å². The zero-order valence-corrected chi connectivity index (χ0v) is 15.8. The molecule has 1 unspecified atom stereocenters. The van der Waals surface area contributed by atoms with Gasteiger partial charge in [0.25, 0.3) is 0 Å². The van der Waals surface area contributed by atoms with Gasteiger partial charge in [0.2, 0.25) is 0 Å². The summed E-state index contributed by atoms with van der Waals surface area (Å²) >= 11 is 0. The van der Waals surface area contributed by atoms with Gasteiger partial charge < -0.3 is 5.32 Å².